The van der Waals surface area contributed by atoms with Crippen molar-refractivity contribution in [1.29, 1.82) is 0 Å². The highest BCUT2D eigenvalue weighted by atomic mass is 16.3. The van der Waals surface area contributed by atoms with E-state index >= 15 is 0 Å². The van der Waals surface area contributed by atoms with Crippen LogP contribution in [0.15, 0.2) is 41.1 Å². The van der Waals surface area contributed by atoms with Crippen molar-refractivity contribution in [3.63, 3.8) is 0 Å². The second-order valence-electron chi connectivity index (χ2n) is 4.01. The van der Waals surface area contributed by atoms with Gasteiger partial charge in [0.05, 0.1) is 6.26 Å². The zero-order chi connectivity index (χ0) is 11.0. The Morgan fingerprint density at radius 2 is 2.06 bits per heavy atom. The molecular formula is C14H13NO. The molecule has 0 radical (unpaired) electrons. The molecule has 0 aliphatic rings. The van der Waals surface area contributed by atoms with Gasteiger partial charge in [-0.1, -0.05) is 25.5 Å². The average molecular weight is 211 g/mol. The van der Waals surface area contributed by atoms with Crippen LogP contribution in [0, 0.1) is 0 Å². The molecule has 0 unspecified atom stereocenters. The van der Waals surface area contributed by atoms with Gasteiger partial charge in [0.15, 0.2) is 0 Å². The maximum Gasteiger partial charge on any atom is 0.141 e. The highest BCUT2D eigenvalue weighted by Crippen LogP contribution is 2.27. The molecule has 3 rings (SSSR count). The van der Waals surface area contributed by atoms with Gasteiger partial charge >= 0.3 is 0 Å². The number of nitrogens with zero attached hydrogens (tertiary/aromatic N) is 1. The highest BCUT2D eigenvalue weighted by molar-refractivity contribution is 6.04. The van der Waals surface area contributed by atoms with Gasteiger partial charge in [-0.05, 0) is 18.6 Å². The molecule has 0 atom stereocenters. The Kier molecular flexibility index (Phi) is 2.13. The molecule has 2 heterocycles. The summed E-state index contributed by atoms with van der Waals surface area (Å²) in [6, 6.07) is 8.27. The number of hydrogen-bond donors (Lipinski definition) is 0. The van der Waals surface area contributed by atoms with E-state index in [1.807, 2.05) is 18.3 Å². The van der Waals surface area contributed by atoms with Crippen molar-refractivity contribution in [3.05, 3.63) is 42.4 Å². The fourth-order valence-electron chi connectivity index (χ4n) is 2.18. The number of fused-ring (bicyclic) bond motifs is 3. The number of aryl methyl sites for hydroxylation is 1. The van der Waals surface area contributed by atoms with Crippen molar-refractivity contribution < 1.29 is 4.42 Å². The standard InChI is InChI=1S/C14H13NO/c1-2-3-13-11-5-4-10-7-9-16-14(10)12(11)6-8-15-13/h4-9H,2-3H2,1H3. The Hall–Kier alpha value is -1.83. The smallest absolute Gasteiger partial charge is 0.141 e. The lowest BCUT2D eigenvalue weighted by atomic mass is 10.1. The van der Waals surface area contributed by atoms with Gasteiger partial charge < -0.3 is 4.42 Å². The summed E-state index contributed by atoms with van der Waals surface area (Å²) < 4.78 is 5.54. The van der Waals surface area contributed by atoms with Gasteiger partial charge in [-0.25, -0.2) is 0 Å². The molecule has 80 valence electrons. The van der Waals surface area contributed by atoms with E-state index < -0.39 is 0 Å². The van der Waals surface area contributed by atoms with Crippen molar-refractivity contribution in [3.8, 4) is 0 Å². The molecule has 0 bridgehead atoms. The number of pyridine rings is 1. The molecule has 0 saturated heterocycles. The van der Waals surface area contributed by atoms with E-state index in [1.165, 1.54) is 16.5 Å². The Balaban J connectivity index is 2.39. The van der Waals surface area contributed by atoms with E-state index in [9.17, 15) is 0 Å². The summed E-state index contributed by atoms with van der Waals surface area (Å²) in [7, 11) is 0. The molecule has 0 saturated carbocycles. The second kappa shape index (κ2) is 3.63. The SMILES string of the molecule is CCCc1nccc2c1ccc1ccoc12. The molecule has 2 heteroatoms. The number of rotatable bonds is 2. The normalized spacial score (nSPS) is 11.3. The summed E-state index contributed by atoms with van der Waals surface area (Å²) in [6.45, 7) is 2.17. The van der Waals surface area contributed by atoms with Gasteiger partial charge in [-0.15, -0.1) is 0 Å². The van der Waals surface area contributed by atoms with Gasteiger partial charge in [0.25, 0.3) is 0 Å². The van der Waals surface area contributed by atoms with E-state index in [1.54, 1.807) is 6.26 Å². The van der Waals surface area contributed by atoms with E-state index in [0.29, 0.717) is 0 Å². The van der Waals surface area contributed by atoms with Crippen LogP contribution in [0.2, 0.25) is 0 Å². The maximum absolute atomic E-state index is 5.54. The summed E-state index contributed by atoms with van der Waals surface area (Å²) in [6.07, 6.45) is 5.74. The summed E-state index contributed by atoms with van der Waals surface area (Å²) >= 11 is 0. The topological polar surface area (TPSA) is 26.0 Å². The van der Waals surface area contributed by atoms with Gasteiger partial charge in [-0.3, -0.25) is 4.98 Å². The third kappa shape index (κ3) is 1.30. The first-order valence-electron chi connectivity index (χ1n) is 5.64. The van der Waals surface area contributed by atoms with E-state index in [4.69, 9.17) is 4.42 Å². The molecule has 1 aromatic carbocycles. The highest BCUT2D eigenvalue weighted by Gasteiger charge is 2.06. The van der Waals surface area contributed by atoms with E-state index in [2.05, 4.69) is 24.0 Å². The van der Waals surface area contributed by atoms with Gasteiger partial charge in [0, 0.05) is 28.0 Å². The minimum absolute atomic E-state index is 0.970. The Labute approximate surface area is 93.9 Å². The third-order valence-electron chi connectivity index (χ3n) is 2.93. The van der Waals surface area contributed by atoms with Crippen LogP contribution in [-0.2, 0) is 6.42 Å². The maximum atomic E-state index is 5.54. The first kappa shape index (κ1) is 9.40. The number of hydrogen-bond acceptors (Lipinski definition) is 2. The molecule has 16 heavy (non-hydrogen) atoms. The van der Waals surface area contributed by atoms with Crippen molar-refractivity contribution >= 4 is 21.7 Å². The van der Waals surface area contributed by atoms with E-state index in [0.717, 1.165) is 23.8 Å². The predicted molar refractivity (Wildman–Crippen MR) is 65.5 cm³/mol. The van der Waals surface area contributed by atoms with Gasteiger partial charge in [0.1, 0.15) is 5.58 Å². The van der Waals surface area contributed by atoms with Crippen LogP contribution in [0.3, 0.4) is 0 Å². The molecular weight excluding hydrogens is 198 g/mol. The van der Waals surface area contributed by atoms with Crippen molar-refractivity contribution in [2.75, 3.05) is 0 Å². The number of benzene rings is 1. The van der Waals surface area contributed by atoms with Gasteiger partial charge in [0.2, 0.25) is 0 Å². The molecule has 2 nitrogen and oxygen atoms in total. The minimum atomic E-state index is 0.970. The lowest BCUT2D eigenvalue weighted by molar-refractivity contribution is 0.619. The summed E-state index contributed by atoms with van der Waals surface area (Å²) in [5.41, 5.74) is 2.13. The fraction of sp³-hybridized carbons (Fsp3) is 0.214. The molecule has 0 amide bonds. The van der Waals surface area contributed by atoms with Crippen LogP contribution in [-0.4, -0.2) is 4.98 Å². The summed E-state index contributed by atoms with van der Waals surface area (Å²) in [4.78, 5) is 4.45. The molecule has 0 aliphatic heterocycles. The lowest BCUT2D eigenvalue weighted by Crippen LogP contribution is -1.90. The Morgan fingerprint density at radius 1 is 1.12 bits per heavy atom. The predicted octanol–water partition coefficient (Wildman–Crippen LogP) is 3.93. The zero-order valence-corrected chi connectivity index (χ0v) is 9.23. The van der Waals surface area contributed by atoms with Crippen molar-refractivity contribution in [2.45, 2.75) is 19.8 Å². The lowest BCUT2D eigenvalue weighted by Gasteiger charge is -2.04. The quantitative estimate of drug-likeness (QED) is 0.641. The zero-order valence-electron chi connectivity index (χ0n) is 9.23. The fourth-order valence-corrected chi connectivity index (χ4v) is 2.18. The Morgan fingerprint density at radius 3 is 2.94 bits per heavy atom. The molecule has 0 aliphatic carbocycles. The van der Waals surface area contributed by atoms with Crippen LogP contribution in [0.25, 0.3) is 21.7 Å². The van der Waals surface area contributed by atoms with Crippen LogP contribution < -0.4 is 0 Å². The first-order valence-corrected chi connectivity index (χ1v) is 5.64. The molecule has 3 aromatic rings. The van der Waals surface area contributed by atoms with Crippen molar-refractivity contribution in [2.24, 2.45) is 0 Å². The van der Waals surface area contributed by atoms with Crippen LogP contribution >= 0.6 is 0 Å². The summed E-state index contributed by atoms with van der Waals surface area (Å²) in [5, 5.41) is 3.54. The Bertz CT molecular complexity index is 639. The second-order valence-corrected chi connectivity index (χ2v) is 4.01. The molecule has 0 N–H and O–H groups in total. The van der Waals surface area contributed by atoms with Gasteiger partial charge in [-0.2, -0.15) is 0 Å². The van der Waals surface area contributed by atoms with E-state index in [-0.39, 0.29) is 0 Å². The van der Waals surface area contributed by atoms with Crippen molar-refractivity contribution in [1.82, 2.24) is 4.98 Å². The average Bonchev–Trinajstić information content (AvgIpc) is 2.78. The minimum Gasteiger partial charge on any atom is -0.464 e. The third-order valence-corrected chi connectivity index (χ3v) is 2.93. The van der Waals surface area contributed by atoms with Crippen LogP contribution in [0.1, 0.15) is 19.0 Å². The van der Waals surface area contributed by atoms with Crippen LogP contribution in [0.5, 0.6) is 0 Å². The van der Waals surface area contributed by atoms with Crippen LogP contribution in [0.4, 0.5) is 0 Å². The molecule has 0 spiro atoms. The molecule has 2 aromatic heterocycles. The largest absolute Gasteiger partial charge is 0.464 e. The number of aromatic nitrogens is 1. The monoisotopic (exact) mass is 211 g/mol. The first-order chi connectivity index (χ1) is 7.90. The molecule has 0 fully saturated rings. The number of furan rings is 1. The summed E-state index contributed by atoms with van der Waals surface area (Å²) in [5.74, 6) is 0.